The first-order valence-electron chi connectivity index (χ1n) is 11.2. The molecule has 3 aromatic carbocycles. The van der Waals surface area contributed by atoms with Gasteiger partial charge in [0.05, 0.1) is 11.1 Å². The lowest BCUT2D eigenvalue weighted by Crippen LogP contribution is -2.17. The number of hydrogen-bond acceptors (Lipinski definition) is 3. The SMILES string of the molecule is Cc1ccc(Cc2cnc3c(O)c4c(c(-c5cc(C)cc(C(F)(F)F)c5)c3c2)CN(C)C4=O)cc1. The lowest BCUT2D eigenvalue weighted by Gasteiger charge is -2.17. The molecule has 0 saturated heterocycles. The van der Waals surface area contributed by atoms with E-state index in [2.05, 4.69) is 4.98 Å². The van der Waals surface area contributed by atoms with E-state index in [1.54, 1.807) is 26.2 Å². The van der Waals surface area contributed by atoms with Crippen molar-refractivity contribution in [3.8, 4) is 16.9 Å². The minimum Gasteiger partial charge on any atom is -0.505 e. The predicted octanol–water partition coefficient (Wildman–Crippen LogP) is 6.42. The van der Waals surface area contributed by atoms with E-state index in [0.29, 0.717) is 34.1 Å². The summed E-state index contributed by atoms with van der Waals surface area (Å²) >= 11 is 0. The predicted molar refractivity (Wildman–Crippen MR) is 128 cm³/mol. The normalized spacial score (nSPS) is 13.5. The van der Waals surface area contributed by atoms with Crippen molar-refractivity contribution in [3.63, 3.8) is 0 Å². The van der Waals surface area contributed by atoms with Crippen molar-refractivity contribution in [1.29, 1.82) is 0 Å². The molecule has 178 valence electrons. The van der Waals surface area contributed by atoms with Gasteiger partial charge in [0.15, 0.2) is 5.75 Å². The summed E-state index contributed by atoms with van der Waals surface area (Å²) in [4.78, 5) is 18.7. The first kappa shape index (κ1) is 22.9. The van der Waals surface area contributed by atoms with Gasteiger partial charge in [-0.15, -0.1) is 0 Å². The van der Waals surface area contributed by atoms with Crippen molar-refractivity contribution < 1.29 is 23.1 Å². The Labute approximate surface area is 200 Å². The molecule has 0 atom stereocenters. The summed E-state index contributed by atoms with van der Waals surface area (Å²) in [6.07, 6.45) is -2.31. The number of aromatic hydroxyl groups is 1. The van der Waals surface area contributed by atoms with Crippen LogP contribution in [0.3, 0.4) is 0 Å². The molecular weight excluding hydrogens is 453 g/mol. The monoisotopic (exact) mass is 476 g/mol. The Morgan fingerprint density at radius 2 is 1.69 bits per heavy atom. The molecule has 1 N–H and O–H groups in total. The zero-order valence-electron chi connectivity index (χ0n) is 19.5. The second-order valence-corrected chi connectivity index (χ2v) is 9.23. The summed E-state index contributed by atoms with van der Waals surface area (Å²) in [5.41, 5.74) is 4.40. The van der Waals surface area contributed by atoms with Crippen LogP contribution < -0.4 is 0 Å². The van der Waals surface area contributed by atoms with Crippen LogP contribution in [0.5, 0.6) is 5.75 Å². The van der Waals surface area contributed by atoms with Crippen LogP contribution in [0.15, 0.2) is 54.7 Å². The smallest absolute Gasteiger partial charge is 0.416 e. The fourth-order valence-electron chi connectivity index (χ4n) is 4.78. The minimum atomic E-state index is -4.52. The third kappa shape index (κ3) is 4.01. The molecule has 1 amide bonds. The van der Waals surface area contributed by atoms with Gasteiger partial charge in [0, 0.05) is 25.2 Å². The average molecular weight is 476 g/mol. The Hall–Kier alpha value is -3.87. The molecule has 4 nitrogen and oxygen atoms in total. The number of fused-ring (bicyclic) bond motifs is 2. The van der Waals surface area contributed by atoms with E-state index in [1.807, 2.05) is 37.3 Å². The van der Waals surface area contributed by atoms with Gasteiger partial charge in [-0.2, -0.15) is 13.2 Å². The quantitative estimate of drug-likeness (QED) is 0.371. The largest absolute Gasteiger partial charge is 0.505 e. The number of pyridine rings is 1. The molecule has 0 saturated carbocycles. The van der Waals surface area contributed by atoms with Gasteiger partial charge in [-0.05, 0) is 71.8 Å². The fourth-order valence-corrected chi connectivity index (χ4v) is 4.78. The molecule has 2 heterocycles. The van der Waals surface area contributed by atoms with Gasteiger partial charge >= 0.3 is 6.18 Å². The number of benzene rings is 3. The summed E-state index contributed by atoms with van der Waals surface area (Å²) in [6.45, 7) is 3.80. The lowest BCUT2D eigenvalue weighted by atomic mass is 9.89. The molecule has 0 bridgehead atoms. The van der Waals surface area contributed by atoms with E-state index in [4.69, 9.17) is 0 Å². The van der Waals surface area contributed by atoms with E-state index in [0.717, 1.165) is 28.8 Å². The average Bonchev–Trinajstić information content (AvgIpc) is 3.08. The third-order valence-electron chi connectivity index (χ3n) is 6.46. The first-order chi connectivity index (χ1) is 16.5. The summed E-state index contributed by atoms with van der Waals surface area (Å²) in [5, 5.41) is 11.5. The van der Waals surface area contributed by atoms with Crippen molar-refractivity contribution >= 4 is 16.8 Å². The zero-order chi connectivity index (χ0) is 25.1. The molecule has 0 radical (unpaired) electrons. The van der Waals surface area contributed by atoms with Crippen molar-refractivity contribution in [2.24, 2.45) is 0 Å². The number of aromatic nitrogens is 1. The van der Waals surface area contributed by atoms with Gasteiger partial charge in [0.1, 0.15) is 5.52 Å². The molecule has 0 spiro atoms. The van der Waals surface area contributed by atoms with Gasteiger partial charge in [0.25, 0.3) is 5.91 Å². The van der Waals surface area contributed by atoms with Gasteiger partial charge in [0.2, 0.25) is 0 Å². The highest BCUT2D eigenvalue weighted by Crippen LogP contribution is 2.45. The Kier molecular flexibility index (Phi) is 5.31. The summed E-state index contributed by atoms with van der Waals surface area (Å²) < 4.78 is 41.0. The maximum absolute atomic E-state index is 13.7. The number of hydrogen-bond donors (Lipinski definition) is 1. The molecular formula is C28H23F3N2O2. The van der Waals surface area contributed by atoms with Crippen LogP contribution in [0.2, 0.25) is 0 Å². The first-order valence-corrected chi connectivity index (χ1v) is 11.2. The number of phenols is 1. The molecule has 0 unspecified atom stereocenters. The number of nitrogens with zero attached hydrogens (tertiary/aromatic N) is 2. The number of rotatable bonds is 3. The summed E-state index contributed by atoms with van der Waals surface area (Å²) in [7, 11) is 1.60. The van der Waals surface area contributed by atoms with E-state index >= 15 is 0 Å². The highest BCUT2D eigenvalue weighted by atomic mass is 19.4. The number of carbonyl (C=O) groups excluding carboxylic acids is 1. The van der Waals surface area contributed by atoms with Crippen molar-refractivity contribution in [1.82, 2.24) is 9.88 Å². The van der Waals surface area contributed by atoms with Gasteiger partial charge in [-0.25, -0.2) is 0 Å². The van der Waals surface area contributed by atoms with Crippen LogP contribution in [0, 0.1) is 13.8 Å². The fraction of sp³-hybridized carbons (Fsp3) is 0.214. The Morgan fingerprint density at radius 1 is 0.971 bits per heavy atom. The second-order valence-electron chi connectivity index (χ2n) is 9.23. The van der Waals surface area contributed by atoms with Gasteiger partial charge in [-0.3, -0.25) is 9.78 Å². The molecule has 1 aliphatic heterocycles. The number of aryl methyl sites for hydroxylation is 2. The Morgan fingerprint density at radius 3 is 2.37 bits per heavy atom. The molecule has 0 fully saturated rings. The number of alkyl halides is 3. The van der Waals surface area contributed by atoms with Crippen LogP contribution in [-0.2, 0) is 19.1 Å². The van der Waals surface area contributed by atoms with E-state index in [-0.39, 0.29) is 29.3 Å². The molecule has 0 aliphatic carbocycles. The van der Waals surface area contributed by atoms with Crippen LogP contribution >= 0.6 is 0 Å². The molecule has 5 rings (SSSR count). The van der Waals surface area contributed by atoms with Gasteiger partial charge < -0.3 is 10.0 Å². The standard InChI is InChI=1S/C28H23F3N2O2/c1-15-4-6-17(7-5-15)10-18-11-21-23(19-8-16(2)9-20(12-19)28(29,30)31)22-14-33(3)27(35)24(22)26(34)25(21)32-13-18/h4-9,11-13,34H,10,14H2,1-3H3. The van der Waals surface area contributed by atoms with Crippen LogP contribution in [0.4, 0.5) is 13.2 Å². The Balaban J connectivity index is 1.79. The van der Waals surface area contributed by atoms with Crippen LogP contribution in [0.25, 0.3) is 22.0 Å². The van der Waals surface area contributed by atoms with Crippen molar-refractivity contribution in [2.75, 3.05) is 7.05 Å². The number of carbonyl (C=O) groups is 1. The topological polar surface area (TPSA) is 53.4 Å². The second kappa shape index (κ2) is 8.12. The van der Waals surface area contributed by atoms with Crippen molar-refractivity contribution in [2.45, 2.75) is 33.0 Å². The van der Waals surface area contributed by atoms with E-state index in [1.165, 1.54) is 4.90 Å². The maximum Gasteiger partial charge on any atom is 0.416 e. The van der Waals surface area contributed by atoms with Crippen molar-refractivity contribution in [3.05, 3.63) is 93.7 Å². The van der Waals surface area contributed by atoms with Gasteiger partial charge in [-0.1, -0.05) is 35.9 Å². The van der Waals surface area contributed by atoms with Crippen LogP contribution in [0.1, 0.15) is 43.7 Å². The minimum absolute atomic E-state index is 0.101. The Bertz CT molecular complexity index is 1490. The van der Waals surface area contributed by atoms with E-state index in [9.17, 15) is 23.1 Å². The highest BCUT2D eigenvalue weighted by Gasteiger charge is 2.35. The zero-order valence-corrected chi connectivity index (χ0v) is 19.5. The number of halogens is 3. The molecule has 4 aromatic rings. The number of amides is 1. The summed E-state index contributed by atoms with van der Waals surface area (Å²) in [5.74, 6) is -0.617. The molecule has 35 heavy (non-hydrogen) atoms. The van der Waals surface area contributed by atoms with E-state index < -0.39 is 11.7 Å². The number of phenolic OH excluding ortho intramolecular Hbond substituents is 1. The highest BCUT2D eigenvalue weighted by molar-refractivity contribution is 6.12. The maximum atomic E-state index is 13.7. The lowest BCUT2D eigenvalue weighted by molar-refractivity contribution is -0.137. The third-order valence-corrected chi connectivity index (χ3v) is 6.46. The molecule has 7 heteroatoms. The molecule has 1 aliphatic rings. The summed E-state index contributed by atoms with van der Waals surface area (Å²) in [6, 6.07) is 13.8. The van der Waals surface area contributed by atoms with Crippen LogP contribution in [-0.4, -0.2) is 27.9 Å². The molecule has 1 aromatic heterocycles.